The Kier molecular flexibility index (Phi) is 8.75. The van der Waals surface area contributed by atoms with E-state index in [1.54, 1.807) is 6.20 Å². The van der Waals surface area contributed by atoms with E-state index >= 15 is 0 Å². The van der Waals surface area contributed by atoms with Gasteiger partial charge in [-0.3, -0.25) is 4.98 Å². The van der Waals surface area contributed by atoms with E-state index in [0.29, 0.717) is 5.56 Å². The number of benzene rings is 1. The molecule has 0 amide bonds. The number of nitriles is 1. The largest absolute Gasteiger partial charge is 0.255 e. The molecule has 0 radical (unpaired) electrons. The Bertz CT molecular complexity index is 755. The molecule has 2 aromatic rings. The molecular weight excluding hydrogens is 352 g/mol. The number of hydrogen-bond acceptors (Lipinski definition) is 2. The second-order valence-corrected chi connectivity index (χ2v) is 8.88. The van der Waals surface area contributed by atoms with Crippen LogP contribution in [0.5, 0.6) is 0 Å². The summed E-state index contributed by atoms with van der Waals surface area (Å²) in [6.07, 6.45) is 18.5. The maximum atomic E-state index is 8.90. The van der Waals surface area contributed by atoms with Crippen LogP contribution in [-0.4, -0.2) is 4.98 Å². The lowest BCUT2D eigenvalue weighted by molar-refractivity contribution is 0.239. The van der Waals surface area contributed by atoms with Crippen molar-refractivity contribution in [1.82, 2.24) is 4.98 Å². The Balaban J connectivity index is 1.42. The molecule has 3 rings (SSSR count). The Morgan fingerprint density at radius 2 is 1.69 bits per heavy atom. The molecule has 2 unspecified atom stereocenters. The maximum Gasteiger partial charge on any atom is 0.101 e. The van der Waals surface area contributed by atoms with Crippen LogP contribution in [0.15, 0.2) is 42.6 Å². The number of hydrogen-bond donors (Lipinski definition) is 0. The van der Waals surface area contributed by atoms with Crippen molar-refractivity contribution in [3.05, 3.63) is 53.7 Å². The van der Waals surface area contributed by atoms with E-state index in [1.165, 1.54) is 82.6 Å². The van der Waals surface area contributed by atoms with Crippen LogP contribution >= 0.6 is 0 Å². The predicted octanol–water partition coefficient (Wildman–Crippen LogP) is 7.72. The van der Waals surface area contributed by atoms with Crippen molar-refractivity contribution in [2.24, 2.45) is 11.8 Å². The number of unbranched alkanes of at least 4 members (excludes halogenated alkanes) is 4. The van der Waals surface area contributed by atoms with Crippen molar-refractivity contribution in [2.45, 2.75) is 84.0 Å². The summed E-state index contributed by atoms with van der Waals surface area (Å²) in [7, 11) is 0. The van der Waals surface area contributed by atoms with Gasteiger partial charge in [0, 0.05) is 11.8 Å². The van der Waals surface area contributed by atoms with Crippen molar-refractivity contribution in [3.8, 4) is 17.3 Å². The molecular formula is C27H36N2. The lowest BCUT2D eigenvalue weighted by Crippen LogP contribution is -2.16. The summed E-state index contributed by atoms with van der Waals surface area (Å²) in [5.74, 6) is 1.91. The highest BCUT2D eigenvalue weighted by atomic mass is 14.7. The summed E-state index contributed by atoms with van der Waals surface area (Å²) in [4.78, 5) is 4.40. The van der Waals surface area contributed by atoms with Crippen LogP contribution in [-0.2, 0) is 6.42 Å². The smallest absolute Gasteiger partial charge is 0.101 e. The van der Waals surface area contributed by atoms with Crippen LogP contribution in [0.1, 0.15) is 88.7 Å². The van der Waals surface area contributed by atoms with Gasteiger partial charge in [0.1, 0.15) is 6.07 Å². The van der Waals surface area contributed by atoms with Crippen molar-refractivity contribution >= 4 is 0 Å². The normalized spacial score (nSPS) is 19.0. The van der Waals surface area contributed by atoms with Crippen molar-refractivity contribution in [2.75, 3.05) is 0 Å². The number of aromatic nitrogens is 1. The Hall–Kier alpha value is -2.14. The molecule has 29 heavy (non-hydrogen) atoms. The zero-order valence-corrected chi connectivity index (χ0v) is 18.1. The first-order valence-electron chi connectivity index (χ1n) is 11.7. The van der Waals surface area contributed by atoms with Crippen LogP contribution in [0, 0.1) is 23.2 Å². The highest BCUT2D eigenvalue weighted by Crippen LogP contribution is 2.35. The minimum Gasteiger partial charge on any atom is -0.255 e. The van der Waals surface area contributed by atoms with Gasteiger partial charge in [-0.1, -0.05) is 89.0 Å². The molecule has 0 N–H and O–H groups in total. The van der Waals surface area contributed by atoms with Crippen LogP contribution in [0.25, 0.3) is 11.3 Å². The van der Waals surface area contributed by atoms with Crippen LogP contribution < -0.4 is 0 Å². The molecule has 1 aliphatic rings. The third kappa shape index (κ3) is 7.00. The molecule has 2 nitrogen and oxygen atoms in total. The predicted molar refractivity (Wildman–Crippen MR) is 122 cm³/mol. The topological polar surface area (TPSA) is 36.7 Å². The van der Waals surface area contributed by atoms with Crippen molar-refractivity contribution < 1.29 is 0 Å². The average Bonchev–Trinajstić information content (AvgIpc) is 2.78. The zero-order valence-electron chi connectivity index (χ0n) is 18.1. The Labute approximate surface area is 177 Å². The second-order valence-electron chi connectivity index (χ2n) is 8.88. The quantitative estimate of drug-likeness (QED) is 0.391. The number of pyridine rings is 1. The second kappa shape index (κ2) is 11.8. The molecule has 1 aromatic carbocycles. The molecule has 2 atom stereocenters. The summed E-state index contributed by atoms with van der Waals surface area (Å²) in [5.41, 5.74) is 4.10. The molecule has 1 fully saturated rings. The average molecular weight is 389 g/mol. The molecule has 0 saturated heterocycles. The first-order chi connectivity index (χ1) is 14.3. The van der Waals surface area contributed by atoms with Gasteiger partial charge in [-0.15, -0.1) is 0 Å². The molecule has 0 bridgehead atoms. The first kappa shape index (κ1) is 21.6. The minimum atomic E-state index is 0.608. The van der Waals surface area contributed by atoms with Gasteiger partial charge in [-0.25, -0.2) is 0 Å². The summed E-state index contributed by atoms with van der Waals surface area (Å²) in [6.45, 7) is 2.29. The van der Waals surface area contributed by atoms with Crippen LogP contribution in [0.4, 0.5) is 0 Å². The summed E-state index contributed by atoms with van der Waals surface area (Å²) in [6, 6.07) is 14.7. The molecule has 1 saturated carbocycles. The van der Waals surface area contributed by atoms with E-state index in [1.807, 2.05) is 12.1 Å². The van der Waals surface area contributed by atoms with Crippen molar-refractivity contribution in [1.29, 1.82) is 5.26 Å². The lowest BCUT2D eigenvalue weighted by Gasteiger charge is -2.29. The van der Waals surface area contributed by atoms with Gasteiger partial charge in [0.25, 0.3) is 0 Å². The molecule has 1 aliphatic carbocycles. The third-order valence-corrected chi connectivity index (χ3v) is 6.59. The summed E-state index contributed by atoms with van der Waals surface area (Å²) in [5, 5.41) is 8.90. The standard InChI is InChI=1S/C27H36N2/c1-2-3-4-5-6-8-23-9-7-10-24(19-23)12-11-22-13-16-26(17-14-22)27-18-15-25(20-28)21-29-27/h13-18,21,23-24H,2-12,19H2,1H3. The van der Waals surface area contributed by atoms with Gasteiger partial charge in [-0.05, 0) is 48.8 Å². The fraction of sp³-hybridized carbons (Fsp3) is 0.556. The van der Waals surface area contributed by atoms with Gasteiger partial charge < -0.3 is 0 Å². The lowest BCUT2D eigenvalue weighted by atomic mass is 9.77. The number of aryl methyl sites for hydroxylation is 1. The van der Waals surface area contributed by atoms with E-state index < -0.39 is 0 Å². The molecule has 2 heteroatoms. The molecule has 0 spiro atoms. The maximum absolute atomic E-state index is 8.90. The van der Waals surface area contributed by atoms with E-state index in [9.17, 15) is 0 Å². The van der Waals surface area contributed by atoms with Gasteiger partial charge in [0.05, 0.1) is 11.3 Å². The van der Waals surface area contributed by atoms with Crippen LogP contribution in [0.3, 0.4) is 0 Å². The van der Waals surface area contributed by atoms with Crippen molar-refractivity contribution in [3.63, 3.8) is 0 Å². The van der Waals surface area contributed by atoms with E-state index in [2.05, 4.69) is 42.2 Å². The zero-order chi connectivity index (χ0) is 20.3. The van der Waals surface area contributed by atoms with Gasteiger partial charge in [0.2, 0.25) is 0 Å². The summed E-state index contributed by atoms with van der Waals surface area (Å²) < 4.78 is 0. The fourth-order valence-electron chi connectivity index (χ4n) is 4.81. The van der Waals surface area contributed by atoms with Gasteiger partial charge in [-0.2, -0.15) is 5.26 Å². The van der Waals surface area contributed by atoms with Gasteiger partial charge in [0.15, 0.2) is 0 Å². The van der Waals surface area contributed by atoms with E-state index in [4.69, 9.17) is 5.26 Å². The highest BCUT2D eigenvalue weighted by Gasteiger charge is 2.21. The van der Waals surface area contributed by atoms with E-state index in [-0.39, 0.29) is 0 Å². The van der Waals surface area contributed by atoms with E-state index in [0.717, 1.165) is 23.1 Å². The number of rotatable bonds is 10. The third-order valence-electron chi connectivity index (χ3n) is 6.59. The minimum absolute atomic E-state index is 0.608. The van der Waals surface area contributed by atoms with Crippen LogP contribution in [0.2, 0.25) is 0 Å². The number of nitrogens with zero attached hydrogens (tertiary/aromatic N) is 2. The Morgan fingerprint density at radius 1 is 0.931 bits per heavy atom. The molecule has 1 aromatic heterocycles. The monoisotopic (exact) mass is 388 g/mol. The summed E-state index contributed by atoms with van der Waals surface area (Å²) >= 11 is 0. The SMILES string of the molecule is CCCCCCCC1CCCC(CCc2ccc(-c3ccc(C#N)cn3)cc2)C1. The molecule has 0 aliphatic heterocycles. The Morgan fingerprint density at radius 3 is 2.38 bits per heavy atom. The first-order valence-corrected chi connectivity index (χ1v) is 11.7. The molecule has 154 valence electrons. The van der Waals surface area contributed by atoms with Gasteiger partial charge >= 0.3 is 0 Å². The fourth-order valence-corrected chi connectivity index (χ4v) is 4.81. The highest BCUT2D eigenvalue weighted by molar-refractivity contribution is 5.59. The molecule has 1 heterocycles.